The maximum absolute atomic E-state index is 13.6. The van der Waals surface area contributed by atoms with Crippen LogP contribution in [-0.2, 0) is 19.1 Å². The fraction of sp³-hybridized carbons (Fsp3) is 0.556. The number of hydrogen-bond donors (Lipinski definition) is 0. The van der Waals surface area contributed by atoms with Gasteiger partial charge in [0.2, 0.25) is 0 Å². The topological polar surface area (TPSA) is 52.6 Å². The highest BCUT2D eigenvalue weighted by Gasteiger charge is 2.19. The van der Waals surface area contributed by atoms with Crippen LogP contribution in [0.2, 0.25) is 0 Å². The van der Waals surface area contributed by atoms with Crippen LogP contribution < -0.4 is 0 Å². The minimum Gasteiger partial charge on any atom is -0.466 e. The molecular weight excluding hydrogens is 318 g/mol. The van der Waals surface area contributed by atoms with Gasteiger partial charge in [-0.25, -0.2) is 8.78 Å². The Kier molecular flexibility index (Phi) is 8.97. The van der Waals surface area contributed by atoms with Gasteiger partial charge in [0.05, 0.1) is 12.2 Å². The molecule has 0 bridgehead atoms. The minimum atomic E-state index is -1.03. The van der Waals surface area contributed by atoms with Gasteiger partial charge in [0, 0.05) is 12.8 Å². The molecule has 6 heteroatoms. The molecule has 0 fully saturated rings. The smallest absolute Gasteiger partial charge is 0.306 e. The quantitative estimate of drug-likeness (QED) is 0.465. The number of unbranched alkanes of at least 4 members (excludes halogenated alkanes) is 2. The van der Waals surface area contributed by atoms with Gasteiger partial charge < -0.3 is 9.47 Å². The maximum atomic E-state index is 13.6. The van der Waals surface area contributed by atoms with Gasteiger partial charge >= 0.3 is 11.9 Å². The lowest BCUT2D eigenvalue weighted by molar-refractivity contribution is -0.149. The van der Waals surface area contributed by atoms with Crippen LogP contribution >= 0.6 is 0 Å². The van der Waals surface area contributed by atoms with E-state index in [4.69, 9.17) is 9.47 Å². The van der Waals surface area contributed by atoms with Crippen molar-refractivity contribution in [3.8, 4) is 0 Å². The number of carbonyl (C=O) groups is 2. The Hall–Kier alpha value is -1.98. The van der Waals surface area contributed by atoms with Crippen molar-refractivity contribution in [2.24, 2.45) is 0 Å². The molecule has 0 aromatic heterocycles. The van der Waals surface area contributed by atoms with E-state index >= 15 is 0 Å². The number of rotatable bonds is 10. The molecule has 0 N–H and O–H groups in total. The fourth-order valence-corrected chi connectivity index (χ4v) is 2.20. The van der Waals surface area contributed by atoms with Gasteiger partial charge in [0.15, 0.2) is 0 Å². The van der Waals surface area contributed by atoms with E-state index in [1.54, 1.807) is 0 Å². The van der Waals surface area contributed by atoms with Crippen molar-refractivity contribution in [2.45, 2.75) is 58.5 Å². The van der Waals surface area contributed by atoms with Crippen LogP contribution in [0.25, 0.3) is 0 Å². The first-order valence-corrected chi connectivity index (χ1v) is 8.24. The normalized spacial score (nSPS) is 11.8. The monoisotopic (exact) mass is 342 g/mol. The molecular formula is C18H24F2O4. The summed E-state index contributed by atoms with van der Waals surface area (Å²) >= 11 is 0. The van der Waals surface area contributed by atoms with E-state index in [2.05, 4.69) is 6.92 Å². The molecule has 1 rings (SSSR count). The molecule has 1 aromatic carbocycles. The summed E-state index contributed by atoms with van der Waals surface area (Å²) in [6.45, 7) is 3.85. The Balaban J connectivity index is 2.30. The van der Waals surface area contributed by atoms with E-state index in [1.807, 2.05) is 0 Å². The molecule has 0 radical (unpaired) electrons. The van der Waals surface area contributed by atoms with Crippen molar-refractivity contribution < 1.29 is 27.8 Å². The third-order valence-corrected chi connectivity index (χ3v) is 3.49. The number of esters is 2. The van der Waals surface area contributed by atoms with Crippen molar-refractivity contribution >= 4 is 11.9 Å². The van der Waals surface area contributed by atoms with Crippen molar-refractivity contribution in [2.75, 3.05) is 6.61 Å². The predicted molar refractivity (Wildman–Crippen MR) is 85.2 cm³/mol. The second kappa shape index (κ2) is 10.7. The van der Waals surface area contributed by atoms with Gasteiger partial charge in [0.1, 0.15) is 17.7 Å². The number of carbonyl (C=O) groups excluding carboxylic acids is 2. The lowest BCUT2D eigenvalue weighted by atomic mass is 10.1. The minimum absolute atomic E-state index is 0.00945. The SMILES string of the molecule is CCCCCOC(=O)CCCC(=O)OC(C)c1c(F)cccc1F. The number of halogens is 2. The molecule has 0 saturated heterocycles. The fourth-order valence-electron chi connectivity index (χ4n) is 2.20. The zero-order chi connectivity index (χ0) is 17.9. The Morgan fingerprint density at radius 2 is 1.67 bits per heavy atom. The highest BCUT2D eigenvalue weighted by Crippen LogP contribution is 2.23. The van der Waals surface area contributed by atoms with Gasteiger partial charge in [-0.3, -0.25) is 9.59 Å². The van der Waals surface area contributed by atoms with Crippen molar-refractivity contribution in [1.29, 1.82) is 0 Å². The Morgan fingerprint density at radius 3 is 2.29 bits per heavy atom. The van der Waals surface area contributed by atoms with E-state index in [9.17, 15) is 18.4 Å². The number of ether oxygens (including phenoxy) is 2. The summed E-state index contributed by atoms with van der Waals surface area (Å²) in [6, 6.07) is 3.46. The molecule has 0 aliphatic rings. The van der Waals surface area contributed by atoms with Gasteiger partial charge in [0.25, 0.3) is 0 Å². The van der Waals surface area contributed by atoms with E-state index in [0.717, 1.165) is 31.4 Å². The molecule has 1 atom stereocenters. The van der Waals surface area contributed by atoms with E-state index in [0.29, 0.717) is 6.61 Å². The van der Waals surface area contributed by atoms with Crippen LogP contribution in [0.4, 0.5) is 8.78 Å². The average Bonchev–Trinajstić information content (AvgIpc) is 2.51. The van der Waals surface area contributed by atoms with Crippen LogP contribution in [-0.4, -0.2) is 18.5 Å². The van der Waals surface area contributed by atoms with Gasteiger partial charge in [-0.2, -0.15) is 0 Å². The zero-order valence-electron chi connectivity index (χ0n) is 14.1. The van der Waals surface area contributed by atoms with Gasteiger partial charge in [-0.1, -0.05) is 25.8 Å². The Bertz CT molecular complexity index is 526. The summed E-state index contributed by atoms with van der Waals surface area (Å²) in [4.78, 5) is 23.2. The largest absolute Gasteiger partial charge is 0.466 e. The molecule has 4 nitrogen and oxygen atoms in total. The average molecular weight is 342 g/mol. The molecule has 0 heterocycles. The van der Waals surface area contributed by atoms with Crippen molar-refractivity contribution in [3.63, 3.8) is 0 Å². The Morgan fingerprint density at radius 1 is 1.04 bits per heavy atom. The third kappa shape index (κ3) is 7.06. The van der Waals surface area contributed by atoms with Crippen LogP contribution in [0.15, 0.2) is 18.2 Å². The van der Waals surface area contributed by atoms with Crippen molar-refractivity contribution in [1.82, 2.24) is 0 Å². The molecule has 0 spiro atoms. The summed E-state index contributed by atoms with van der Waals surface area (Å²) in [5, 5.41) is 0. The highest BCUT2D eigenvalue weighted by atomic mass is 19.1. The predicted octanol–water partition coefficient (Wildman–Crippen LogP) is 4.47. The molecule has 1 unspecified atom stereocenters. The standard InChI is InChI=1S/C18H24F2O4/c1-3-4-5-12-23-16(21)10-7-11-17(22)24-13(2)18-14(19)8-6-9-15(18)20/h6,8-9,13H,3-5,7,10-12H2,1-2H3. The van der Waals surface area contributed by atoms with Crippen LogP contribution in [0.1, 0.15) is 64.0 Å². The van der Waals surface area contributed by atoms with E-state index in [1.165, 1.54) is 13.0 Å². The maximum Gasteiger partial charge on any atom is 0.306 e. The summed E-state index contributed by atoms with van der Waals surface area (Å²) in [5.41, 5.74) is -0.277. The van der Waals surface area contributed by atoms with Gasteiger partial charge in [-0.05, 0) is 31.9 Å². The van der Waals surface area contributed by atoms with Crippen molar-refractivity contribution in [3.05, 3.63) is 35.4 Å². The van der Waals surface area contributed by atoms with E-state index < -0.39 is 23.7 Å². The van der Waals surface area contributed by atoms with Crippen LogP contribution in [0.3, 0.4) is 0 Å². The number of benzene rings is 1. The second-order valence-corrected chi connectivity index (χ2v) is 5.55. The second-order valence-electron chi connectivity index (χ2n) is 5.55. The molecule has 24 heavy (non-hydrogen) atoms. The Labute approximate surface area is 141 Å². The van der Waals surface area contributed by atoms with Crippen LogP contribution in [0.5, 0.6) is 0 Å². The first-order chi connectivity index (χ1) is 11.5. The zero-order valence-corrected chi connectivity index (χ0v) is 14.1. The molecule has 0 aliphatic carbocycles. The molecule has 134 valence electrons. The highest BCUT2D eigenvalue weighted by molar-refractivity contribution is 5.72. The lowest BCUT2D eigenvalue weighted by Gasteiger charge is -2.15. The first-order valence-electron chi connectivity index (χ1n) is 8.24. The molecule has 0 amide bonds. The molecule has 0 aliphatic heterocycles. The summed E-state index contributed by atoms with van der Waals surface area (Å²) < 4.78 is 37.2. The summed E-state index contributed by atoms with van der Waals surface area (Å²) in [7, 11) is 0. The first kappa shape index (κ1) is 20.1. The van der Waals surface area contributed by atoms with Crippen LogP contribution in [0, 0.1) is 11.6 Å². The number of hydrogen-bond acceptors (Lipinski definition) is 4. The molecule has 1 aromatic rings. The van der Waals surface area contributed by atoms with Gasteiger partial charge in [-0.15, -0.1) is 0 Å². The lowest BCUT2D eigenvalue weighted by Crippen LogP contribution is -2.12. The summed E-state index contributed by atoms with van der Waals surface area (Å²) in [6.07, 6.45) is 2.23. The summed E-state index contributed by atoms with van der Waals surface area (Å²) in [5.74, 6) is -2.48. The molecule has 0 saturated carbocycles. The third-order valence-electron chi connectivity index (χ3n) is 3.49. The van der Waals surface area contributed by atoms with E-state index in [-0.39, 0.29) is 30.8 Å².